The minimum Gasteiger partial charge on any atom is -0.369 e. The van der Waals surface area contributed by atoms with Gasteiger partial charge in [-0.15, -0.1) is 0 Å². The Labute approximate surface area is 118 Å². The molecule has 19 heavy (non-hydrogen) atoms. The van der Waals surface area contributed by atoms with Crippen LogP contribution in [0.4, 0.5) is 5.69 Å². The number of aromatic nitrogens is 1. The number of hydrogen-bond donors (Lipinski definition) is 1. The minimum atomic E-state index is 0.739. The molecule has 0 aromatic carbocycles. The van der Waals surface area contributed by atoms with Gasteiger partial charge in [0.2, 0.25) is 0 Å². The van der Waals surface area contributed by atoms with E-state index in [1.54, 1.807) is 11.3 Å². The van der Waals surface area contributed by atoms with Gasteiger partial charge in [-0.1, -0.05) is 0 Å². The first kappa shape index (κ1) is 12.6. The van der Waals surface area contributed by atoms with Crippen LogP contribution in [0.5, 0.6) is 0 Å². The van der Waals surface area contributed by atoms with Crippen LogP contribution in [0.2, 0.25) is 0 Å². The van der Waals surface area contributed by atoms with E-state index in [1.807, 2.05) is 12.4 Å². The van der Waals surface area contributed by atoms with Crippen molar-refractivity contribution in [1.29, 1.82) is 0 Å². The molecule has 0 bridgehead atoms. The number of nitrogens with one attached hydrogen (secondary N) is 1. The van der Waals surface area contributed by atoms with E-state index in [-0.39, 0.29) is 0 Å². The minimum absolute atomic E-state index is 0.739. The molecular weight excluding hydrogens is 254 g/mol. The molecule has 0 unspecified atom stereocenters. The first-order valence-corrected chi connectivity index (χ1v) is 7.65. The molecule has 1 fully saturated rings. The molecule has 0 saturated heterocycles. The molecule has 0 aliphatic heterocycles. The second-order valence-corrected chi connectivity index (χ2v) is 5.93. The Balaban J connectivity index is 1.70. The maximum Gasteiger partial charge on any atom is 0.0598 e. The van der Waals surface area contributed by atoms with Crippen molar-refractivity contribution >= 4 is 17.0 Å². The van der Waals surface area contributed by atoms with Gasteiger partial charge in [0, 0.05) is 32.4 Å². The summed E-state index contributed by atoms with van der Waals surface area (Å²) in [5, 5.41) is 7.90. The fourth-order valence-corrected chi connectivity index (χ4v) is 2.85. The number of rotatable bonds is 6. The highest BCUT2D eigenvalue weighted by Crippen LogP contribution is 2.23. The molecule has 100 valence electrons. The Morgan fingerprint density at radius 1 is 1.42 bits per heavy atom. The van der Waals surface area contributed by atoms with Gasteiger partial charge in [-0.3, -0.25) is 4.98 Å². The molecule has 1 N–H and O–H groups in total. The number of anilines is 1. The average Bonchev–Trinajstić information content (AvgIpc) is 3.13. The van der Waals surface area contributed by atoms with Crippen LogP contribution in [0.25, 0.3) is 0 Å². The standard InChI is InChI=1S/C15H19N3S/c1-18(10-12-5-7-19-11-12)15-9-16-6-4-13(15)8-17-14-2-3-14/h4-7,9,11,14,17H,2-3,8,10H2,1H3. The van der Waals surface area contributed by atoms with Crippen molar-refractivity contribution in [2.75, 3.05) is 11.9 Å². The van der Waals surface area contributed by atoms with Crippen molar-refractivity contribution in [2.24, 2.45) is 0 Å². The Morgan fingerprint density at radius 3 is 3.05 bits per heavy atom. The maximum atomic E-state index is 4.27. The third-order valence-electron chi connectivity index (χ3n) is 3.46. The molecule has 0 amide bonds. The van der Waals surface area contributed by atoms with Gasteiger partial charge in [-0.25, -0.2) is 0 Å². The maximum absolute atomic E-state index is 4.27. The zero-order chi connectivity index (χ0) is 13.1. The molecule has 0 atom stereocenters. The van der Waals surface area contributed by atoms with E-state index >= 15 is 0 Å². The van der Waals surface area contributed by atoms with Gasteiger partial charge in [-0.2, -0.15) is 11.3 Å². The van der Waals surface area contributed by atoms with Crippen LogP contribution in [0.1, 0.15) is 24.0 Å². The Bertz CT molecular complexity index is 520. The highest BCUT2D eigenvalue weighted by Gasteiger charge is 2.20. The van der Waals surface area contributed by atoms with E-state index in [2.05, 4.69) is 45.1 Å². The van der Waals surface area contributed by atoms with Crippen molar-refractivity contribution in [1.82, 2.24) is 10.3 Å². The summed E-state index contributed by atoms with van der Waals surface area (Å²) in [4.78, 5) is 6.55. The van der Waals surface area contributed by atoms with E-state index < -0.39 is 0 Å². The summed E-state index contributed by atoms with van der Waals surface area (Å²) in [6.45, 7) is 1.88. The van der Waals surface area contributed by atoms with Gasteiger partial charge in [0.05, 0.1) is 11.9 Å². The molecule has 2 aromatic heterocycles. The third kappa shape index (κ3) is 3.33. The van der Waals surface area contributed by atoms with Crippen molar-refractivity contribution < 1.29 is 0 Å². The predicted octanol–water partition coefficient (Wildman–Crippen LogP) is 3.03. The lowest BCUT2D eigenvalue weighted by atomic mass is 10.2. The lowest BCUT2D eigenvalue weighted by molar-refractivity contribution is 0.684. The first-order valence-electron chi connectivity index (χ1n) is 6.71. The number of nitrogens with zero attached hydrogens (tertiary/aromatic N) is 2. The smallest absolute Gasteiger partial charge is 0.0598 e. The number of pyridine rings is 1. The van der Waals surface area contributed by atoms with Crippen LogP contribution < -0.4 is 10.2 Å². The molecule has 1 saturated carbocycles. The zero-order valence-corrected chi connectivity index (χ0v) is 12.0. The first-order chi connectivity index (χ1) is 9.33. The second kappa shape index (κ2) is 5.72. The molecule has 0 spiro atoms. The zero-order valence-electron chi connectivity index (χ0n) is 11.2. The lowest BCUT2D eigenvalue weighted by Gasteiger charge is -2.21. The van der Waals surface area contributed by atoms with Gasteiger partial charge < -0.3 is 10.2 Å². The van der Waals surface area contributed by atoms with Crippen molar-refractivity contribution in [2.45, 2.75) is 32.0 Å². The van der Waals surface area contributed by atoms with Gasteiger partial charge in [0.25, 0.3) is 0 Å². The fourth-order valence-electron chi connectivity index (χ4n) is 2.19. The van der Waals surface area contributed by atoms with Gasteiger partial charge >= 0.3 is 0 Å². The Kier molecular flexibility index (Phi) is 3.80. The lowest BCUT2D eigenvalue weighted by Crippen LogP contribution is -2.21. The normalized spacial score (nSPS) is 14.6. The highest BCUT2D eigenvalue weighted by atomic mass is 32.1. The van der Waals surface area contributed by atoms with E-state index in [4.69, 9.17) is 0 Å². The van der Waals surface area contributed by atoms with E-state index in [1.165, 1.54) is 29.7 Å². The summed E-state index contributed by atoms with van der Waals surface area (Å²) in [6.07, 6.45) is 6.50. The molecule has 2 aromatic rings. The quantitative estimate of drug-likeness (QED) is 0.877. The topological polar surface area (TPSA) is 28.2 Å². The van der Waals surface area contributed by atoms with Crippen molar-refractivity contribution in [3.05, 3.63) is 46.4 Å². The number of hydrogen-bond acceptors (Lipinski definition) is 4. The molecule has 1 aliphatic rings. The van der Waals surface area contributed by atoms with Gasteiger partial charge in [0.1, 0.15) is 0 Å². The van der Waals surface area contributed by atoms with Crippen LogP contribution in [0, 0.1) is 0 Å². The summed E-state index contributed by atoms with van der Waals surface area (Å²) >= 11 is 1.75. The fraction of sp³-hybridized carbons (Fsp3) is 0.400. The van der Waals surface area contributed by atoms with E-state index in [9.17, 15) is 0 Å². The van der Waals surface area contributed by atoms with Gasteiger partial charge in [-0.05, 0) is 46.9 Å². The van der Waals surface area contributed by atoms with E-state index in [0.29, 0.717) is 0 Å². The SMILES string of the molecule is CN(Cc1ccsc1)c1cnccc1CNC1CC1. The van der Waals surface area contributed by atoms with Crippen LogP contribution >= 0.6 is 11.3 Å². The van der Waals surface area contributed by atoms with Crippen LogP contribution in [-0.2, 0) is 13.1 Å². The van der Waals surface area contributed by atoms with Gasteiger partial charge in [0.15, 0.2) is 0 Å². The molecule has 3 nitrogen and oxygen atoms in total. The molecule has 0 radical (unpaired) electrons. The average molecular weight is 273 g/mol. The van der Waals surface area contributed by atoms with Crippen molar-refractivity contribution in [3.8, 4) is 0 Å². The molecule has 1 aliphatic carbocycles. The van der Waals surface area contributed by atoms with Crippen LogP contribution in [0.15, 0.2) is 35.3 Å². The summed E-state index contributed by atoms with van der Waals surface area (Å²) in [5.74, 6) is 0. The summed E-state index contributed by atoms with van der Waals surface area (Å²) in [6, 6.07) is 5.04. The third-order valence-corrected chi connectivity index (χ3v) is 4.19. The van der Waals surface area contributed by atoms with Crippen molar-refractivity contribution in [3.63, 3.8) is 0 Å². The molecule has 2 heterocycles. The largest absolute Gasteiger partial charge is 0.369 e. The summed E-state index contributed by atoms with van der Waals surface area (Å²) in [7, 11) is 2.13. The predicted molar refractivity (Wildman–Crippen MR) is 80.5 cm³/mol. The molecular formula is C15H19N3S. The second-order valence-electron chi connectivity index (χ2n) is 5.15. The Hall–Kier alpha value is -1.39. The van der Waals surface area contributed by atoms with E-state index in [0.717, 1.165) is 19.1 Å². The summed E-state index contributed by atoms with van der Waals surface area (Å²) < 4.78 is 0. The molecule has 4 heteroatoms. The Morgan fingerprint density at radius 2 is 2.32 bits per heavy atom. The highest BCUT2D eigenvalue weighted by molar-refractivity contribution is 7.07. The van der Waals surface area contributed by atoms with Crippen LogP contribution in [0.3, 0.4) is 0 Å². The summed E-state index contributed by atoms with van der Waals surface area (Å²) in [5.41, 5.74) is 3.92. The van der Waals surface area contributed by atoms with Crippen LogP contribution in [-0.4, -0.2) is 18.1 Å². The number of thiophene rings is 1. The monoisotopic (exact) mass is 273 g/mol. The molecule has 3 rings (SSSR count).